The molecule has 1 aliphatic carbocycles. The van der Waals surface area contributed by atoms with Gasteiger partial charge in [0.15, 0.2) is 5.96 Å². The monoisotopic (exact) mass is 345 g/mol. The van der Waals surface area contributed by atoms with E-state index in [4.69, 9.17) is 4.74 Å². The van der Waals surface area contributed by atoms with Crippen molar-refractivity contribution in [2.24, 2.45) is 4.99 Å². The van der Waals surface area contributed by atoms with Gasteiger partial charge in [0.25, 0.3) is 0 Å². The standard InChI is InChI=1S/C19H31N5O/c1-3-25-18-15(7-6-11-21-18)13-22-19(20-2)23-16-10-12-24(14-16)17-8-4-5-9-17/h6-7,11,16-17H,3-5,8-10,12-14H2,1-2H3,(H2,20,22,23). The van der Waals surface area contributed by atoms with E-state index in [2.05, 4.69) is 25.5 Å². The normalized spacial score (nSPS) is 22.3. The van der Waals surface area contributed by atoms with Gasteiger partial charge in [-0.15, -0.1) is 0 Å². The summed E-state index contributed by atoms with van der Waals surface area (Å²) in [5, 5.41) is 6.97. The molecule has 1 unspecified atom stereocenters. The Bertz CT molecular complexity index is 571. The minimum atomic E-state index is 0.479. The molecule has 6 heteroatoms. The highest BCUT2D eigenvalue weighted by Gasteiger charge is 2.30. The lowest BCUT2D eigenvalue weighted by Crippen LogP contribution is -2.45. The SMILES string of the molecule is CCOc1ncccc1CNC(=NC)NC1CCN(C2CCCC2)C1. The molecular weight excluding hydrogens is 314 g/mol. The first-order valence-electron chi connectivity index (χ1n) is 9.58. The van der Waals surface area contributed by atoms with Gasteiger partial charge < -0.3 is 15.4 Å². The van der Waals surface area contributed by atoms with E-state index >= 15 is 0 Å². The quantitative estimate of drug-likeness (QED) is 0.611. The van der Waals surface area contributed by atoms with Crippen LogP contribution >= 0.6 is 0 Å². The number of likely N-dealkylation sites (tertiary alicyclic amines) is 1. The third kappa shape index (κ3) is 4.84. The molecule has 138 valence electrons. The van der Waals surface area contributed by atoms with Crippen molar-refractivity contribution in [3.8, 4) is 5.88 Å². The van der Waals surface area contributed by atoms with Gasteiger partial charge in [-0.2, -0.15) is 0 Å². The fourth-order valence-corrected chi connectivity index (χ4v) is 3.90. The van der Waals surface area contributed by atoms with Crippen LogP contribution in [0.1, 0.15) is 44.6 Å². The zero-order chi connectivity index (χ0) is 17.5. The van der Waals surface area contributed by atoms with Crippen molar-refractivity contribution in [3.63, 3.8) is 0 Å². The van der Waals surface area contributed by atoms with Crippen LogP contribution in [0.5, 0.6) is 5.88 Å². The minimum absolute atomic E-state index is 0.479. The van der Waals surface area contributed by atoms with E-state index in [-0.39, 0.29) is 0 Å². The molecule has 2 fully saturated rings. The van der Waals surface area contributed by atoms with Crippen LogP contribution in [0.2, 0.25) is 0 Å². The zero-order valence-corrected chi connectivity index (χ0v) is 15.5. The number of rotatable bonds is 6. The summed E-state index contributed by atoms with van der Waals surface area (Å²) in [5.41, 5.74) is 1.05. The Balaban J connectivity index is 1.49. The maximum atomic E-state index is 5.59. The van der Waals surface area contributed by atoms with Crippen LogP contribution in [0.15, 0.2) is 23.3 Å². The molecule has 3 rings (SSSR count). The van der Waals surface area contributed by atoms with Gasteiger partial charge in [0.05, 0.1) is 6.61 Å². The molecule has 2 heterocycles. The predicted molar refractivity (Wildman–Crippen MR) is 101 cm³/mol. The Morgan fingerprint density at radius 3 is 2.96 bits per heavy atom. The Labute approximate surface area is 151 Å². The topological polar surface area (TPSA) is 61.8 Å². The molecule has 0 amide bonds. The fourth-order valence-electron chi connectivity index (χ4n) is 3.90. The summed E-state index contributed by atoms with van der Waals surface area (Å²) >= 11 is 0. The summed E-state index contributed by atoms with van der Waals surface area (Å²) < 4.78 is 5.59. The summed E-state index contributed by atoms with van der Waals surface area (Å²) in [6, 6.07) is 5.26. The first-order chi connectivity index (χ1) is 12.3. The zero-order valence-electron chi connectivity index (χ0n) is 15.5. The van der Waals surface area contributed by atoms with Crippen LogP contribution < -0.4 is 15.4 Å². The highest BCUT2D eigenvalue weighted by molar-refractivity contribution is 5.80. The van der Waals surface area contributed by atoms with Gasteiger partial charge in [-0.25, -0.2) is 4.98 Å². The maximum absolute atomic E-state index is 5.59. The average Bonchev–Trinajstić information content (AvgIpc) is 3.31. The van der Waals surface area contributed by atoms with Crippen molar-refractivity contribution < 1.29 is 4.74 Å². The van der Waals surface area contributed by atoms with Crippen molar-refractivity contribution in [1.82, 2.24) is 20.5 Å². The van der Waals surface area contributed by atoms with Gasteiger partial charge in [-0.05, 0) is 32.3 Å². The van der Waals surface area contributed by atoms with Gasteiger partial charge in [0.2, 0.25) is 5.88 Å². The van der Waals surface area contributed by atoms with E-state index in [1.807, 2.05) is 26.1 Å². The van der Waals surface area contributed by atoms with Crippen LogP contribution in [-0.4, -0.2) is 54.7 Å². The Morgan fingerprint density at radius 1 is 1.36 bits per heavy atom. The summed E-state index contributed by atoms with van der Waals surface area (Å²) in [6.45, 7) is 5.58. The van der Waals surface area contributed by atoms with Crippen LogP contribution in [0.25, 0.3) is 0 Å². The second-order valence-corrected chi connectivity index (χ2v) is 6.89. The van der Waals surface area contributed by atoms with Gasteiger partial charge in [0.1, 0.15) is 0 Å². The van der Waals surface area contributed by atoms with Crippen molar-refractivity contribution in [1.29, 1.82) is 0 Å². The highest BCUT2D eigenvalue weighted by Crippen LogP contribution is 2.26. The molecule has 2 aliphatic rings. The number of guanidine groups is 1. The lowest BCUT2D eigenvalue weighted by atomic mass is 10.2. The second kappa shape index (κ2) is 9.04. The molecule has 1 aromatic rings. The number of ether oxygens (including phenoxy) is 1. The molecule has 0 radical (unpaired) electrons. The Kier molecular flexibility index (Phi) is 6.50. The number of aromatic nitrogens is 1. The van der Waals surface area contributed by atoms with Crippen molar-refractivity contribution in [3.05, 3.63) is 23.9 Å². The molecule has 1 atom stereocenters. The minimum Gasteiger partial charge on any atom is -0.478 e. The van der Waals surface area contributed by atoms with Crippen LogP contribution in [-0.2, 0) is 6.54 Å². The van der Waals surface area contributed by atoms with E-state index in [1.165, 1.54) is 38.6 Å². The molecule has 6 nitrogen and oxygen atoms in total. The lowest BCUT2D eigenvalue weighted by molar-refractivity contribution is 0.242. The van der Waals surface area contributed by atoms with E-state index in [1.54, 1.807) is 6.20 Å². The number of nitrogens with one attached hydrogen (secondary N) is 2. The third-order valence-corrected chi connectivity index (χ3v) is 5.20. The molecule has 1 saturated heterocycles. The molecule has 2 N–H and O–H groups in total. The molecule has 0 bridgehead atoms. The van der Waals surface area contributed by atoms with Crippen molar-refractivity contribution in [2.45, 2.75) is 57.7 Å². The smallest absolute Gasteiger partial charge is 0.218 e. The molecule has 0 aromatic carbocycles. The number of hydrogen-bond donors (Lipinski definition) is 2. The molecular formula is C19H31N5O. The summed E-state index contributed by atoms with van der Waals surface area (Å²) in [7, 11) is 1.83. The molecule has 1 aliphatic heterocycles. The van der Waals surface area contributed by atoms with Crippen LogP contribution in [0.4, 0.5) is 0 Å². The number of pyridine rings is 1. The average molecular weight is 345 g/mol. The van der Waals surface area contributed by atoms with E-state index in [0.717, 1.165) is 24.1 Å². The highest BCUT2D eigenvalue weighted by atomic mass is 16.5. The molecule has 1 aromatic heterocycles. The van der Waals surface area contributed by atoms with Gasteiger partial charge in [-0.1, -0.05) is 18.9 Å². The number of aliphatic imine (C=N–C) groups is 1. The van der Waals surface area contributed by atoms with Crippen molar-refractivity contribution >= 4 is 5.96 Å². The molecule has 0 spiro atoms. The fraction of sp³-hybridized carbons (Fsp3) is 0.684. The molecule has 1 saturated carbocycles. The van der Waals surface area contributed by atoms with Crippen LogP contribution in [0, 0.1) is 0 Å². The summed E-state index contributed by atoms with van der Waals surface area (Å²) in [5.74, 6) is 1.55. The number of nitrogens with zero attached hydrogens (tertiary/aromatic N) is 3. The van der Waals surface area contributed by atoms with Gasteiger partial charge >= 0.3 is 0 Å². The largest absolute Gasteiger partial charge is 0.478 e. The predicted octanol–water partition coefficient (Wildman–Crippen LogP) is 2.16. The molecule has 25 heavy (non-hydrogen) atoms. The maximum Gasteiger partial charge on any atom is 0.218 e. The van der Waals surface area contributed by atoms with Gasteiger partial charge in [0, 0.05) is 50.5 Å². The van der Waals surface area contributed by atoms with E-state index in [0.29, 0.717) is 25.1 Å². The van der Waals surface area contributed by atoms with Gasteiger partial charge in [-0.3, -0.25) is 9.89 Å². The third-order valence-electron chi connectivity index (χ3n) is 5.20. The van der Waals surface area contributed by atoms with Crippen LogP contribution in [0.3, 0.4) is 0 Å². The second-order valence-electron chi connectivity index (χ2n) is 6.89. The first kappa shape index (κ1) is 18.0. The lowest BCUT2D eigenvalue weighted by Gasteiger charge is -2.24. The first-order valence-corrected chi connectivity index (χ1v) is 9.58. The van der Waals surface area contributed by atoms with E-state index in [9.17, 15) is 0 Å². The Morgan fingerprint density at radius 2 is 2.20 bits per heavy atom. The van der Waals surface area contributed by atoms with E-state index < -0.39 is 0 Å². The van der Waals surface area contributed by atoms with Crippen molar-refractivity contribution in [2.75, 3.05) is 26.7 Å². The summed E-state index contributed by atoms with van der Waals surface area (Å²) in [4.78, 5) is 11.3. The number of hydrogen-bond acceptors (Lipinski definition) is 4. The Hall–Kier alpha value is -1.82. The summed E-state index contributed by atoms with van der Waals surface area (Å²) in [6.07, 6.45) is 8.50.